The fraction of sp³-hybridized carbons (Fsp3) is 0.938. The standard InChI is InChI=1S/C16H29NO2/c1-12-7-13(9-15(2,3)8-12)19-14(18)10-16(11-17)5-4-6-16/h12-13H,4-11,17H2,1-3H3. The molecule has 2 unspecified atom stereocenters. The molecule has 2 aliphatic carbocycles. The second-order valence-corrected chi connectivity index (χ2v) is 7.76. The Morgan fingerprint density at radius 3 is 2.47 bits per heavy atom. The Kier molecular flexibility index (Phi) is 4.24. The first kappa shape index (κ1) is 14.8. The van der Waals surface area contributed by atoms with Gasteiger partial charge in [-0.3, -0.25) is 4.79 Å². The normalized spacial score (nSPS) is 32.4. The molecule has 0 aromatic carbocycles. The Morgan fingerprint density at radius 2 is 2.00 bits per heavy atom. The second kappa shape index (κ2) is 5.43. The highest BCUT2D eigenvalue weighted by Crippen LogP contribution is 2.44. The van der Waals surface area contributed by atoms with E-state index in [1.165, 1.54) is 12.8 Å². The van der Waals surface area contributed by atoms with E-state index < -0.39 is 0 Å². The van der Waals surface area contributed by atoms with E-state index in [1.54, 1.807) is 0 Å². The lowest BCUT2D eigenvalue weighted by atomic mass is 9.67. The number of rotatable bonds is 4. The Bertz CT molecular complexity index is 328. The van der Waals surface area contributed by atoms with Crippen molar-refractivity contribution in [3.8, 4) is 0 Å². The Morgan fingerprint density at radius 1 is 1.32 bits per heavy atom. The van der Waals surface area contributed by atoms with Crippen molar-refractivity contribution in [3.63, 3.8) is 0 Å². The van der Waals surface area contributed by atoms with Crippen molar-refractivity contribution >= 4 is 5.97 Å². The minimum absolute atomic E-state index is 0.0277. The van der Waals surface area contributed by atoms with E-state index in [0.29, 0.717) is 24.3 Å². The van der Waals surface area contributed by atoms with Gasteiger partial charge in [-0.25, -0.2) is 0 Å². The van der Waals surface area contributed by atoms with E-state index in [-0.39, 0.29) is 17.5 Å². The molecule has 2 saturated carbocycles. The molecular weight excluding hydrogens is 238 g/mol. The summed E-state index contributed by atoms with van der Waals surface area (Å²) >= 11 is 0. The van der Waals surface area contributed by atoms with E-state index in [0.717, 1.165) is 25.7 Å². The van der Waals surface area contributed by atoms with Crippen LogP contribution in [0.5, 0.6) is 0 Å². The highest BCUT2D eigenvalue weighted by molar-refractivity contribution is 5.70. The van der Waals surface area contributed by atoms with Crippen LogP contribution < -0.4 is 5.73 Å². The molecule has 2 N–H and O–H groups in total. The van der Waals surface area contributed by atoms with Crippen LogP contribution in [-0.2, 0) is 9.53 Å². The van der Waals surface area contributed by atoms with Gasteiger partial charge in [-0.1, -0.05) is 27.2 Å². The lowest BCUT2D eigenvalue weighted by Crippen LogP contribution is -2.41. The van der Waals surface area contributed by atoms with Gasteiger partial charge in [0.25, 0.3) is 0 Å². The van der Waals surface area contributed by atoms with E-state index >= 15 is 0 Å². The first-order valence-corrected chi connectivity index (χ1v) is 7.74. The monoisotopic (exact) mass is 267 g/mol. The molecule has 3 nitrogen and oxygen atoms in total. The zero-order valence-electron chi connectivity index (χ0n) is 12.7. The molecule has 19 heavy (non-hydrogen) atoms. The lowest BCUT2D eigenvalue weighted by molar-refractivity contribution is -0.157. The fourth-order valence-corrected chi connectivity index (χ4v) is 4.01. The Balaban J connectivity index is 1.85. The Hall–Kier alpha value is -0.570. The zero-order valence-corrected chi connectivity index (χ0v) is 12.7. The molecule has 0 aliphatic heterocycles. The molecule has 2 fully saturated rings. The summed E-state index contributed by atoms with van der Waals surface area (Å²) in [6.45, 7) is 7.43. The van der Waals surface area contributed by atoms with Gasteiger partial charge in [0.05, 0.1) is 6.42 Å². The molecule has 0 spiro atoms. The number of ether oxygens (including phenoxy) is 1. The van der Waals surface area contributed by atoms with Gasteiger partial charge in [0, 0.05) is 0 Å². The van der Waals surface area contributed by atoms with Crippen LogP contribution in [-0.4, -0.2) is 18.6 Å². The SMILES string of the molecule is CC1CC(OC(=O)CC2(CN)CCC2)CC(C)(C)C1. The van der Waals surface area contributed by atoms with Crippen LogP contribution in [0.15, 0.2) is 0 Å². The maximum Gasteiger partial charge on any atom is 0.306 e. The van der Waals surface area contributed by atoms with Crippen LogP contribution in [0, 0.1) is 16.7 Å². The summed E-state index contributed by atoms with van der Waals surface area (Å²) in [5.74, 6) is 0.619. The minimum atomic E-state index is -0.0277. The first-order chi connectivity index (χ1) is 8.84. The average Bonchev–Trinajstić information content (AvgIpc) is 2.20. The minimum Gasteiger partial charge on any atom is -0.462 e. The zero-order chi connectivity index (χ0) is 14.1. The number of hydrogen-bond acceptors (Lipinski definition) is 3. The molecule has 110 valence electrons. The average molecular weight is 267 g/mol. The van der Waals surface area contributed by atoms with E-state index in [2.05, 4.69) is 20.8 Å². The van der Waals surface area contributed by atoms with Crippen LogP contribution in [0.25, 0.3) is 0 Å². The Labute approximate surface area is 117 Å². The van der Waals surface area contributed by atoms with Crippen molar-refractivity contribution in [1.29, 1.82) is 0 Å². The molecule has 0 bridgehead atoms. The number of carbonyl (C=O) groups is 1. The highest BCUT2D eigenvalue weighted by atomic mass is 16.5. The molecule has 0 heterocycles. The number of nitrogens with two attached hydrogens (primary N) is 1. The van der Waals surface area contributed by atoms with Crippen LogP contribution in [0.2, 0.25) is 0 Å². The molecule has 2 rings (SSSR count). The van der Waals surface area contributed by atoms with Crippen molar-refractivity contribution in [3.05, 3.63) is 0 Å². The van der Waals surface area contributed by atoms with Gasteiger partial charge >= 0.3 is 5.97 Å². The van der Waals surface area contributed by atoms with E-state index in [4.69, 9.17) is 10.5 Å². The molecule has 0 amide bonds. The topological polar surface area (TPSA) is 52.3 Å². The van der Waals surface area contributed by atoms with Crippen LogP contribution in [0.4, 0.5) is 0 Å². The third-order valence-corrected chi connectivity index (χ3v) is 5.01. The van der Waals surface area contributed by atoms with Crippen LogP contribution >= 0.6 is 0 Å². The maximum absolute atomic E-state index is 12.1. The highest BCUT2D eigenvalue weighted by Gasteiger charge is 2.39. The van der Waals surface area contributed by atoms with Crippen molar-refractivity contribution in [1.82, 2.24) is 0 Å². The lowest BCUT2D eigenvalue weighted by Gasteiger charge is -2.41. The summed E-state index contributed by atoms with van der Waals surface area (Å²) in [5, 5.41) is 0. The first-order valence-electron chi connectivity index (χ1n) is 7.74. The van der Waals surface area contributed by atoms with Gasteiger partial charge in [0.15, 0.2) is 0 Å². The third kappa shape index (κ3) is 3.71. The second-order valence-electron chi connectivity index (χ2n) is 7.76. The van der Waals surface area contributed by atoms with E-state index in [9.17, 15) is 4.79 Å². The molecule has 2 aliphatic rings. The molecule has 0 saturated heterocycles. The van der Waals surface area contributed by atoms with Crippen molar-refractivity contribution in [2.75, 3.05) is 6.54 Å². The quantitative estimate of drug-likeness (QED) is 0.795. The fourth-order valence-electron chi connectivity index (χ4n) is 4.01. The predicted molar refractivity (Wildman–Crippen MR) is 76.6 cm³/mol. The van der Waals surface area contributed by atoms with E-state index in [1.807, 2.05) is 0 Å². The maximum atomic E-state index is 12.1. The largest absolute Gasteiger partial charge is 0.462 e. The summed E-state index contributed by atoms with van der Waals surface area (Å²) in [5.41, 5.74) is 6.17. The summed E-state index contributed by atoms with van der Waals surface area (Å²) in [4.78, 5) is 12.1. The smallest absolute Gasteiger partial charge is 0.306 e. The number of esters is 1. The number of hydrogen-bond donors (Lipinski definition) is 1. The predicted octanol–water partition coefficient (Wildman–Crippen LogP) is 3.26. The van der Waals surface area contributed by atoms with Gasteiger partial charge in [-0.05, 0) is 55.4 Å². The molecule has 0 aromatic rings. The summed E-state index contributed by atoms with van der Waals surface area (Å²) < 4.78 is 5.74. The van der Waals surface area contributed by atoms with Crippen LogP contribution in [0.1, 0.15) is 65.7 Å². The third-order valence-electron chi connectivity index (χ3n) is 5.01. The molecule has 3 heteroatoms. The van der Waals surface area contributed by atoms with Crippen molar-refractivity contribution in [2.24, 2.45) is 22.5 Å². The van der Waals surface area contributed by atoms with Gasteiger partial charge in [0.1, 0.15) is 6.10 Å². The molecule has 0 radical (unpaired) electrons. The molecule has 0 aromatic heterocycles. The van der Waals surface area contributed by atoms with Gasteiger partial charge < -0.3 is 10.5 Å². The van der Waals surface area contributed by atoms with Crippen molar-refractivity contribution in [2.45, 2.75) is 71.8 Å². The van der Waals surface area contributed by atoms with Gasteiger partial charge in [-0.15, -0.1) is 0 Å². The molecular formula is C16H29NO2. The molecule has 2 atom stereocenters. The van der Waals surface area contributed by atoms with Gasteiger partial charge in [-0.2, -0.15) is 0 Å². The van der Waals surface area contributed by atoms with Crippen molar-refractivity contribution < 1.29 is 9.53 Å². The summed E-state index contributed by atoms with van der Waals surface area (Å²) in [6, 6.07) is 0. The summed E-state index contributed by atoms with van der Waals surface area (Å²) in [7, 11) is 0. The number of carbonyl (C=O) groups excluding carboxylic acids is 1. The van der Waals surface area contributed by atoms with Gasteiger partial charge in [0.2, 0.25) is 0 Å². The van der Waals surface area contributed by atoms with Crippen LogP contribution in [0.3, 0.4) is 0 Å². The summed E-state index contributed by atoms with van der Waals surface area (Å²) in [6.07, 6.45) is 7.27.